The van der Waals surface area contributed by atoms with E-state index in [0.29, 0.717) is 5.56 Å². The van der Waals surface area contributed by atoms with Gasteiger partial charge in [-0.2, -0.15) is 0 Å². The van der Waals surface area contributed by atoms with Crippen molar-refractivity contribution in [3.05, 3.63) is 64.2 Å². The molecule has 0 aliphatic carbocycles. The third-order valence-corrected chi connectivity index (χ3v) is 3.99. The molecule has 0 aliphatic heterocycles. The third-order valence-electron chi connectivity index (χ3n) is 2.60. The number of benzene rings is 2. The van der Waals surface area contributed by atoms with Crippen LogP contribution in [0.25, 0.3) is 0 Å². The van der Waals surface area contributed by atoms with Crippen molar-refractivity contribution < 1.29 is 4.79 Å². The zero-order valence-electron chi connectivity index (χ0n) is 10.0. The fraction of sp³-hybridized carbons (Fsp3) is 0.133. The molecule has 0 spiro atoms. The van der Waals surface area contributed by atoms with E-state index in [1.807, 2.05) is 37.3 Å². The number of hydrogen-bond acceptors (Lipinski definition) is 2. The van der Waals surface area contributed by atoms with Crippen LogP contribution in [-0.2, 0) is 5.75 Å². The molecule has 3 heteroatoms. The van der Waals surface area contributed by atoms with Crippen LogP contribution >= 0.6 is 23.4 Å². The van der Waals surface area contributed by atoms with Crippen molar-refractivity contribution in [2.24, 2.45) is 0 Å². The number of rotatable bonds is 4. The Balaban J connectivity index is 2.08. The predicted octanol–water partition coefficient (Wildman–Crippen LogP) is 4.75. The summed E-state index contributed by atoms with van der Waals surface area (Å²) in [6.45, 7) is 2.02. The summed E-state index contributed by atoms with van der Waals surface area (Å²) in [5.74, 6) is 0.807. The lowest BCUT2D eigenvalue weighted by Crippen LogP contribution is -1.85. The maximum absolute atomic E-state index is 10.7. The molecule has 0 amide bonds. The Bertz CT molecular complexity index is 566. The van der Waals surface area contributed by atoms with E-state index in [4.69, 9.17) is 11.6 Å². The lowest BCUT2D eigenvalue weighted by atomic mass is 10.2. The average molecular weight is 277 g/mol. The van der Waals surface area contributed by atoms with E-state index in [-0.39, 0.29) is 0 Å². The summed E-state index contributed by atoms with van der Waals surface area (Å²) in [6.07, 6.45) is 0.864. The van der Waals surface area contributed by atoms with E-state index >= 15 is 0 Å². The van der Waals surface area contributed by atoms with Crippen LogP contribution in [-0.4, -0.2) is 6.29 Å². The maximum Gasteiger partial charge on any atom is 0.150 e. The van der Waals surface area contributed by atoms with Gasteiger partial charge in [-0.05, 0) is 36.2 Å². The van der Waals surface area contributed by atoms with Gasteiger partial charge >= 0.3 is 0 Å². The van der Waals surface area contributed by atoms with Crippen molar-refractivity contribution in [1.29, 1.82) is 0 Å². The highest BCUT2D eigenvalue weighted by Gasteiger charge is 2.02. The number of halogens is 1. The fourth-order valence-electron chi connectivity index (χ4n) is 1.61. The highest BCUT2D eigenvalue weighted by molar-refractivity contribution is 7.98. The molecule has 92 valence electrons. The summed E-state index contributed by atoms with van der Waals surface area (Å²) in [5.41, 5.74) is 2.98. The Kier molecular flexibility index (Phi) is 4.45. The van der Waals surface area contributed by atoms with E-state index in [0.717, 1.165) is 33.1 Å². The van der Waals surface area contributed by atoms with Gasteiger partial charge in [0.05, 0.1) is 0 Å². The van der Waals surface area contributed by atoms with E-state index < -0.39 is 0 Å². The largest absolute Gasteiger partial charge is 0.298 e. The second-order valence-corrected chi connectivity index (χ2v) is 5.53. The SMILES string of the molecule is Cc1ccc(CSc2cccc(C=O)c2)c(Cl)c1. The van der Waals surface area contributed by atoms with E-state index in [2.05, 4.69) is 6.07 Å². The van der Waals surface area contributed by atoms with Gasteiger partial charge in [0.1, 0.15) is 6.29 Å². The van der Waals surface area contributed by atoms with Crippen LogP contribution in [0.3, 0.4) is 0 Å². The Morgan fingerprint density at radius 1 is 1.22 bits per heavy atom. The number of carbonyl (C=O) groups excluding carboxylic acids is 1. The summed E-state index contributed by atoms with van der Waals surface area (Å²) in [7, 11) is 0. The molecule has 18 heavy (non-hydrogen) atoms. The molecule has 0 bridgehead atoms. The molecule has 0 N–H and O–H groups in total. The average Bonchev–Trinajstić information content (AvgIpc) is 2.38. The monoisotopic (exact) mass is 276 g/mol. The van der Waals surface area contributed by atoms with Crippen LogP contribution in [0, 0.1) is 6.92 Å². The Morgan fingerprint density at radius 3 is 2.78 bits per heavy atom. The van der Waals surface area contributed by atoms with Crippen molar-refractivity contribution in [3.8, 4) is 0 Å². The second-order valence-electron chi connectivity index (χ2n) is 4.07. The fourth-order valence-corrected chi connectivity index (χ4v) is 2.96. The maximum atomic E-state index is 10.7. The number of aryl methyl sites for hydroxylation is 1. The van der Waals surface area contributed by atoms with Crippen LogP contribution in [0.1, 0.15) is 21.5 Å². The highest BCUT2D eigenvalue weighted by Crippen LogP contribution is 2.27. The van der Waals surface area contributed by atoms with Gasteiger partial charge in [0.15, 0.2) is 0 Å². The smallest absolute Gasteiger partial charge is 0.150 e. The van der Waals surface area contributed by atoms with Crippen LogP contribution in [0.4, 0.5) is 0 Å². The van der Waals surface area contributed by atoms with Crippen molar-refractivity contribution in [3.63, 3.8) is 0 Å². The first-order chi connectivity index (χ1) is 8.69. The molecule has 2 aromatic rings. The van der Waals surface area contributed by atoms with Crippen molar-refractivity contribution in [1.82, 2.24) is 0 Å². The molecule has 0 heterocycles. The summed E-state index contributed by atoms with van der Waals surface area (Å²) >= 11 is 7.86. The minimum Gasteiger partial charge on any atom is -0.298 e. The van der Waals surface area contributed by atoms with Gasteiger partial charge < -0.3 is 0 Å². The number of hydrogen-bond donors (Lipinski definition) is 0. The lowest BCUT2D eigenvalue weighted by Gasteiger charge is -2.05. The van der Waals surface area contributed by atoms with Gasteiger partial charge in [-0.3, -0.25) is 4.79 Å². The molecule has 0 saturated heterocycles. The normalized spacial score (nSPS) is 10.3. The van der Waals surface area contributed by atoms with Gasteiger partial charge in [0.25, 0.3) is 0 Å². The topological polar surface area (TPSA) is 17.1 Å². The van der Waals surface area contributed by atoms with Gasteiger partial charge in [0.2, 0.25) is 0 Å². The minimum atomic E-state index is 0.704. The molecule has 0 radical (unpaired) electrons. The summed E-state index contributed by atoms with van der Waals surface area (Å²) in [5, 5.41) is 0.800. The third kappa shape index (κ3) is 3.37. The van der Waals surface area contributed by atoms with Crippen LogP contribution in [0.5, 0.6) is 0 Å². The first-order valence-corrected chi connectivity index (χ1v) is 6.98. The quantitative estimate of drug-likeness (QED) is 0.592. The van der Waals surface area contributed by atoms with Crippen molar-refractivity contribution in [2.75, 3.05) is 0 Å². The van der Waals surface area contributed by atoms with Crippen LogP contribution in [0.15, 0.2) is 47.4 Å². The lowest BCUT2D eigenvalue weighted by molar-refractivity contribution is 0.112. The standard InChI is InChI=1S/C15H13ClOS/c1-11-5-6-13(15(16)7-11)10-18-14-4-2-3-12(8-14)9-17/h2-9H,10H2,1H3. The van der Waals surface area contributed by atoms with E-state index in [1.54, 1.807) is 17.8 Å². The predicted molar refractivity (Wildman–Crippen MR) is 77.6 cm³/mol. The highest BCUT2D eigenvalue weighted by atomic mass is 35.5. The number of carbonyl (C=O) groups is 1. The van der Waals surface area contributed by atoms with Crippen LogP contribution in [0.2, 0.25) is 5.02 Å². The zero-order chi connectivity index (χ0) is 13.0. The summed E-state index contributed by atoms with van der Waals surface area (Å²) in [6, 6.07) is 13.7. The summed E-state index contributed by atoms with van der Waals surface area (Å²) in [4.78, 5) is 11.8. The molecular formula is C15H13ClOS. The molecule has 2 rings (SSSR count). The van der Waals surface area contributed by atoms with Gasteiger partial charge in [0, 0.05) is 21.2 Å². The summed E-state index contributed by atoms with van der Waals surface area (Å²) < 4.78 is 0. The molecule has 1 nitrogen and oxygen atoms in total. The molecule has 0 fully saturated rings. The first kappa shape index (κ1) is 13.2. The molecule has 0 aromatic heterocycles. The Morgan fingerprint density at radius 2 is 2.06 bits per heavy atom. The van der Waals surface area contributed by atoms with E-state index in [9.17, 15) is 4.79 Å². The minimum absolute atomic E-state index is 0.704. The van der Waals surface area contributed by atoms with Gasteiger partial charge in [-0.15, -0.1) is 11.8 Å². The molecule has 0 saturated carbocycles. The zero-order valence-corrected chi connectivity index (χ0v) is 11.6. The van der Waals surface area contributed by atoms with E-state index in [1.165, 1.54) is 0 Å². The second kappa shape index (κ2) is 6.07. The number of thioether (sulfide) groups is 1. The number of aldehydes is 1. The molecule has 0 atom stereocenters. The Labute approximate surface area is 116 Å². The van der Waals surface area contributed by atoms with Crippen molar-refractivity contribution in [2.45, 2.75) is 17.6 Å². The van der Waals surface area contributed by atoms with Gasteiger partial charge in [-0.25, -0.2) is 0 Å². The van der Waals surface area contributed by atoms with Crippen LogP contribution < -0.4 is 0 Å². The van der Waals surface area contributed by atoms with Crippen molar-refractivity contribution >= 4 is 29.6 Å². The van der Waals surface area contributed by atoms with Gasteiger partial charge in [-0.1, -0.05) is 35.9 Å². The first-order valence-electron chi connectivity index (χ1n) is 5.62. The Hall–Kier alpha value is -1.25. The molecule has 0 unspecified atom stereocenters. The molecule has 0 aliphatic rings. The molecule has 2 aromatic carbocycles. The molecular weight excluding hydrogens is 264 g/mol.